The van der Waals surface area contributed by atoms with Gasteiger partial charge in [-0.15, -0.1) is 0 Å². The van der Waals surface area contributed by atoms with Crippen LogP contribution in [0.4, 0.5) is 8.78 Å². The number of carbonyl (C=O) groups is 1. The predicted molar refractivity (Wildman–Crippen MR) is 65.7 cm³/mol. The summed E-state index contributed by atoms with van der Waals surface area (Å²) in [5.74, 6) is -1.96. The number of carbonyl (C=O) groups excluding carboxylic acids is 1. The standard InChI is InChI=1S/C13H18F2N2O/c1-13(2,16)6-5-12(18)17-8-9-3-4-10(14)11(15)7-9/h3-4,7H,5-6,8,16H2,1-2H3,(H,17,18). The Morgan fingerprint density at radius 3 is 2.56 bits per heavy atom. The lowest BCUT2D eigenvalue weighted by Gasteiger charge is -2.17. The monoisotopic (exact) mass is 256 g/mol. The zero-order chi connectivity index (χ0) is 13.8. The van der Waals surface area contributed by atoms with Crippen LogP contribution in [-0.4, -0.2) is 11.4 Å². The first-order chi connectivity index (χ1) is 8.28. The number of benzene rings is 1. The molecular weight excluding hydrogens is 238 g/mol. The van der Waals surface area contributed by atoms with Crippen molar-refractivity contribution >= 4 is 5.91 Å². The van der Waals surface area contributed by atoms with E-state index in [0.29, 0.717) is 18.4 Å². The number of nitrogens with one attached hydrogen (secondary N) is 1. The molecule has 3 nitrogen and oxygen atoms in total. The molecular formula is C13H18F2N2O. The number of hydrogen-bond acceptors (Lipinski definition) is 2. The van der Waals surface area contributed by atoms with Crippen molar-refractivity contribution < 1.29 is 13.6 Å². The van der Waals surface area contributed by atoms with E-state index in [9.17, 15) is 13.6 Å². The maximum Gasteiger partial charge on any atom is 0.220 e. The topological polar surface area (TPSA) is 55.1 Å². The van der Waals surface area contributed by atoms with Crippen molar-refractivity contribution in [1.29, 1.82) is 0 Å². The van der Waals surface area contributed by atoms with Crippen LogP contribution in [0.5, 0.6) is 0 Å². The third-order valence-electron chi connectivity index (χ3n) is 2.47. The predicted octanol–water partition coefficient (Wildman–Crippen LogP) is 2.10. The van der Waals surface area contributed by atoms with Crippen LogP contribution in [0.3, 0.4) is 0 Å². The van der Waals surface area contributed by atoms with E-state index >= 15 is 0 Å². The smallest absolute Gasteiger partial charge is 0.220 e. The molecule has 0 heterocycles. The molecule has 0 radical (unpaired) electrons. The van der Waals surface area contributed by atoms with Gasteiger partial charge in [0.1, 0.15) is 0 Å². The molecule has 1 amide bonds. The van der Waals surface area contributed by atoms with Gasteiger partial charge in [0, 0.05) is 18.5 Å². The van der Waals surface area contributed by atoms with Crippen LogP contribution in [0.25, 0.3) is 0 Å². The summed E-state index contributed by atoms with van der Waals surface area (Å²) in [7, 11) is 0. The number of hydrogen-bond donors (Lipinski definition) is 2. The minimum atomic E-state index is -0.912. The Kier molecular flexibility index (Phi) is 4.78. The summed E-state index contributed by atoms with van der Waals surface area (Å²) < 4.78 is 25.6. The Bertz CT molecular complexity index is 427. The first-order valence-electron chi connectivity index (χ1n) is 5.77. The van der Waals surface area contributed by atoms with Crippen molar-refractivity contribution in [3.63, 3.8) is 0 Å². The second-order valence-corrected chi connectivity index (χ2v) is 5.01. The molecule has 0 fully saturated rings. The molecule has 0 bridgehead atoms. The fourth-order valence-corrected chi connectivity index (χ4v) is 1.37. The van der Waals surface area contributed by atoms with E-state index < -0.39 is 11.6 Å². The number of nitrogens with two attached hydrogens (primary N) is 1. The van der Waals surface area contributed by atoms with Gasteiger partial charge in [0.15, 0.2) is 11.6 Å². The molecule has 0 aliphatic rings. The van der Waals surface area contributed by atoms with Crippen LogP contribution < -0.4 is 11.1 Å². The molecule has 5 heteroatoms. The summed E-state index contributed by atoms with van der Waals surface area (Å²) in [6, 6.07) is 3.55. The van der Waals surface area contributed by atoms with Gasteiger partial charge < -0.3 is 11.1 Å². The van der Waals surface area contributed by atoms with Gasteiger partial charge >= 0.3 is 0 Å². The molecule has 0 unspecified atom stereocenters. The van der Waals surface area contributed by atoms with Gasteiger partial charge in [0.25, 0.3) is 0 Å². The molecule has 0 aromatic heterocycles. The summed E-state index contributed by atoms with van der Waals surface area (Å²) in [6.45, 7) is 3.87. The third kappa shape index (κ3) is 5.23. The normalized spacial score (nSPS) is 11.4. The van der Waals surface area contributed by atoms with E-state index in [1.807, 2.05) is 13.8 Å². The van der Waals surface area contributed by atoms with Gasteiger partial charge in [-0.25, -0.2) is 8.78 Å². The van der Waals surface area contributed by atoms with Gasteiger partial charge in [-0.3, -0.25) is 4.79 Å². The second-order valence-electron chi connectivity index (χ2n) is 5.01. The lowest BCUT2D eigenvalue weighted by Crippen LogP contribution is -2.34. The van der Waals surface area contributed by atoms with Gasteiger partial charge in [-0.05, 0) is 38.0 Å². The highest BCUT2D eigenvalue weighted by molar-refractivity contribution is 5.75. The molecule has 0 atom stereocenters. The summed E-state index contributed by atoms with van der Waals surface area (Å²) in [5, 5.41) is 2.63. The number of rotatable bonds is 5. The van der Waals surface area contributed by atoms with Crippen LogP contribution >= 0.6 is 0 Å². The van der Waals surface area contributed by atoms with Crippen molar-refractivity contribution in [1.82, 2.24) is 5.32 Å². The highest BCUT2D eigenvalue weighted by Gasteiger charge is 2.13. The molecule has 0 aliphatic carbocycles. The van der Waals surface area contributed by atoms with Crippen molar-refractivity contribution in [3.05, 3.63) is 35.4 Å². The minimum Gasteiger partial charge on any atom is -0.352 e. The van der Waals surface area contributed by atoms with Crippen LogP contribution in [0.15, 0.2) is 18.2 Å². The SMILES string of the molecule is CC(C)(N)CCC(=O)NCc1ccc(F)c(F)c1. The van der Waals surface area contributed by atoms with Gasteiger partial charge in [0.05, 0.1) is 0 Å². The van der Waals surface area contributed by atoms with E-state index in [-0.39, 0.29) is 18.0 Å². The lowest BCUT2D eigenvalue weighted by atomic mass is 10.00. The Morgan fingerprint density at radius 2 is 2.00 bits per heavy atom. The van der Waals surface area contributed by atoms with Crippen molar-refractivity contribution in [3.8, 4) is 0 Å². The highest BCUT2D eigenvalue weighted by Crippen LogP contribution is 2.09. The van der Waals surface area contributed by atoms with E-state index in [4.69, 9.17) is 5.73 Å². The summed E-state index contributed by atoms with van der Waals surface area (Å²) in [6.07, 6.45) is 0.879. The van der Waals surface area contributed by atoms with Crippen LogP contribution in [0.1, 0.15) is 32.3 Å². The minimum absolute atomic E-state index is 0.154. The molecule has 1 rings (SSSR count). The largest absolute Gasteiger partial charge is 0.352 e. The zero-order valence-electron chi connectivity index (χ0n) is 10.6. The van der Waals surface area contributed by atoms with E-state index in [1.165, 1.54) is 6.07 Å². The molecule has 1 aromatic rings. The number of halogens is 2. The van der Waals surface area contributed by atoms with E-state index in [2.05, 4.69) is 5.32 Å². The van der Waals surface area contributed by atoms with Crippen molar-refractivity contribution in [2.45, 2.75) is 38.8 Å². The maximum atomic E-state index is 12.9. The molecule has 0 saturated heterocycles. The number of amides is 1. The first kappa shape index (κ1) is 14.6. The molecule has 3 N–H and O–H groups in total. The van der Waals surface area contributed by atoms with E-state index in [1.54, 1.807) is 0 Å². The van der Waals surface area contributed by atoms with Crippen LogP contribution in [0.2, 0.25) is 0 Å². The average molecular weight is 256 g/mol. The second kappa shape index (κ2) is 5.91. The fraction of sp³-hybridized carbons (Fsp3) is 0.462. The van der Waals surface area contributed by atoms with Crippen LogP contribution in [0, 0.1) is 11.6 Å². The molecule has 0 saturated carbocycles. The molecule has 1 aromatic carbocycles. The Labute approximate surface area is 105 Å². The van der Waals surface area contributed by atoms with Gasteiger partial charge in [0.2, 0.25) is 5.91 Å². The summed E-state index contributed by atoms with van der Waals surface area (Å²) in [5.41, 5.74) is 5.89. The van der Waals surface area contributed by atoms with Crippen molar-refractivity contribution in [2.24, 2.45) is 5.73 Å². The van der Waals surface area contributed by atoms with E-state index in [0.717, 1.165) is 12.1 Å². The molecule has 18 heavy (non-hydrogen) atoms. The molecule has 100 valence electrons. The van der Waals surface area contributed by atoms with Crippen LogP contribution in [-0.2, 0) is 11.3 Å². The summed E-state index contributed by atoms with van der Waals surface area (Å²) >= 11 is 0. The molecule has 0 aliphatic heterocycles. The fourth-order valence-electron chi connectivity index (χ4n) is 1.37. The quantitative estimate of drug-likeness (QED) is 0.847. The Hall–Kier alpha value is -1.49. The Balaban J connectivity index is 2.40. The Morgan fingerprint density at radius 1 is 1.33 bits per heavy atom. The average Bonchev–Trinajstić information content (AvgIpc) is 2.27. The van der Waals surface area contributed by atoms with Gasteiger partial charge in [-0.2, -0.15) is 0 Å². The zero-order valence-corrected chi connectivity index (χ0v) is 10.6. The van der Waals surface area contributed by atoms with Gasteiger partial charge in [-0.1, -0.05) is 6.07 Å². The lowest BCUT2D eigenvalue weighted by molar-refractivity contribution is -0.121. The molecule has 0 spiro atoms. The summed E-state index contributed by atoms with van der Waals surface area (Å²) in [4.78, 5) is 11.5. The maximum absolute atomic E-state index is 12.9. The third-order valence-corrected chi connectivity index (χ3v) is 2.47. The van der Waals surface area contributed by atoms with Crippen molar-refractivity contribution in [2.75, 3.05) is 0 Å². The first-order valence-corrected chi connectivity index (χ1v) is 5.77. The highest BCUT2D eigenvalue weighted by atomic mass is 19.2.